The van der Waals surface area contributed by atoms with Gasteiger partial charge < -0.3 is 10.6 Å². The first kappa shape index (κ1) is 15.6. The molecule has 6 heteroatoms. The first-order chi connectivity index (χ1) is 9.61. The van der Waals surface area contributed by atoms with E-state index in [1.807, 2.05) is 6.92 Å². The Morgan fingerprint density at radius 1 is 1.45 bits per heavy atom. The summed E-state index contributed by atoms with van der Waals surface area (Å²) in [6.07, 6.45) is 6.15. The number of aryl methyl sites for hydroxylation is 1. The normalized spacial score (nSPS) is 16.3. The van der Waals surface area contributed by atoms with E-state index < -0.39 is 0 Å². The zero-order chi connectivity index (χ0) is 14.5. The van der Waals surface area contributed by atoms with Crippen LogP contribution in [0.15, 0.2) is 4.21 Å². The van der Waals surface area contributed by atoms with Crippen LogP contribution in [0.25, 0.3) is 0 Å². The van der Waals surface area contributed by atoms with Crippen molar-refractivity contribution in [1.82, 2.24) is 9.88 Å². The molecule has 4 nitrogen and oxygen atoms in total. The molecule has 112 valence electrons. The molecular weight excluding hydrogens is 290 g/mol. The van der Waals surface area contributed by atoms with Crippen molar-refractivity contribution in [1.29, 1.82) is 0 Å². The van der Waals surface area contributed by atoms with Crippen molar-refractivity contribution in [2.24, 2.45) is 0 Å². The smallest absolute Gasteiger partial charge is 0.233 e. The molecule has 2 rings (SSSR count). The SMILES string of the molecule is CCN(C(=O)CSc1sc(N)nc1C)C1CCCCC1. The monoisotopic (exact) mass is 313 g/mol. The van der Waals surface area contributed by atoms with Crippen LogP contribution in [-0.2, 0) is 4.79 Å². The fourth-order valence-electron chi connectivity index (χ4n) is 2.78. The van der Waals surface area contributed by atoms with E-state index in [2.05, 4.69) is 16.8 Å². The number of nitrogens with zero attached hydrogens (tertiary/aromatic N) is 2. The van der Waals surface area contributed by atoms with Crippen LogP contribution in [-0.4, -0.2) is 34.1 Å². The Kier molecular flexibility index (Phi) is 5.72. The van der Waals surface area contributed by atoms with Crippen LogP contribution in [0.2, 0.25) is 0 Å². The number of aromatic nitrogens is 1. The Morgan fingerprint density at radius 3 is 2.70 bits per heavy atom. The van der Waals surface area contributed by atoms with Gasteiger partial charge in [-0.15, -0.1) is 11.8 Å². The lowest BCUT2D eigenvalue weighted by Crippen LogP contribution is -2.42. The van der Waals surface area contributed by atoms with Gasteiger partial charge in [-0.05, 0) is 26.7 Å². The zero-order valence-electron chi connectivity index (χ0n) is 12.2. The van der Waals surface area contributed by atoms with Gasteiger partial charge in [-0.1, -0.05) is 30.6 Å². The van der Waals surface area contributed by atoms with Gasteiger partial charge in [0.05, 0.1) is 15.7 Å². The molecule has 0 saturated heterocycles. The number of hydrogen-bond donors (Lipinski definition) is 1. The highest BCUT2D eigenvalue weighted by molar-refractivity contribution is 8.01. The number of nitrogens with two attached hydrogens (primary N) is 1. The molecule has 1 aliphatic carbocycles. The number of anilines is 1. The van der Waals surface area contributed by atoms with Gasteiger partial charge in [0.2, 0.25) is 5.91 Å². The second kappa shape index (κ2) is 7.31. The largest absolute Gasteiger partial charge is 0.375 e. The van der Waals surface area contributed by atoms with E-state index in [1.165, 1.54) is 30.6 Å². The molecule has 2 N–H and O–H groups in total. The number of nitrogen functional groups attached to an aromatic ring is 1. The third kappa shape index (κ3) is 3.88. The van der Waals surface area contributed by atoms with E-state index in [0.717, 1.165) is 29.3 Å². The fraction of sp³-hybridized carbons (Fsp3) is 0.714. The van der Waals surface area contributed by atoms with E-state index in [0.29, 0.717) is 16.9 Å². The van der Waals surface area contributed by atoms with E-state index in [9.17, 15) is 4.79 Å². The van der Waals surface area contributed by atoms with Gasteiger partial charge in [0.15, 0.2) is 5.13 Å². The van der Waals surface area contributed by atoms with Crippen LogP contribution >= 0.6 is 23.1 Å². The number of rotatable bonds is 5. The number of carbonyl (C=O) groups is 1. The number of amides is 1. The van der Waals surface area contributed by atoms with E-state index in [4.69, 9.17) is 5.73 Å². The van der Waals surface area contributed by atoms with Gasteiger partial charge in [-0.2, -0.15) is 0 Å². The van der Waals surface area contributed by atoms with Crippen molar-refractivity contribution in [3.05, 3.63) is 5.69 Å². The highest BCUT2D eigenvalue weighted by atomic mass is 32.2. The topological polar surface area (TPSA) is 59.2 Å². The Morgan fingerprint density at radius 2 is 2.15 bits per heavy atom. The minimum atomic E-state index is 0.246. The van der Waals surface area contributed by atoms with Crippen molar-refractivity contribution in [3.8, 4) is 0 Å². The summed E-state index contributed by atoms with van der Waals surface area (Å²) in [7, 11) is 0. The van der Waals surface area contributed by atoms with Gasteiger partial charge in [0.1, 0.15) is 0 Å². The summed E-state index contributed by atoms with van der Waals surface area (Å²) in [6.45, 7) is 4.83. The van der Waals surface area contributed by atoms with Crippen LogP contribution in [0.3, 0.4) is 0 Å². The van der Waals surface area contributed by atoms with E-state index in [-0.39, 0.29) is 5.91 Å². The number of thiazole rings is 1. The van der Waals surface area contributed by atoms with Crippen LogP contribution in [0, 0.1) is 6.92 Å². The lowest BCUT2D eigenvalue weighted by atomic mass is 9.94. The van der Waals surface area contributed by atoms with Crippen LogP contribution in [0.5, 0.6) is 0 Å². The Hall–Kier alpha value is -0.750. The maximum Gasteiger partial charge on any atom is 0.233 e. The van der Waals surface area contributed by atoms with Crippen molar-refractivity contribution in [3.63, 3.8) is 0 Å². The van der Waals surface area contributed by atoms with Crippen molar-refractivity contribution in [2.45, 2.75) is 56.2 Å². The van der Waals surface area contributed by atoms with Crippen LogP contribution in [0.1, 0.15) is 44.7 Å². The molecule has 0 aliphatic heterocycles. The summed E-state index contributed by atoms with van der Waals surface area (Å²) in [5.41, 5.74) is 6.62. The summed E-state index contributed by atoms with van der Waals surface area (Å²) in [4.78, 5) is 18.7. The molecule has 0 unspecified atom stereocenters. The van der Waals surface area contributed by atoms with Gasteiger partial charge in [-0.3, -0.25) is 4.79 Å². The molecule has 1 aromatic rings. The predicted molar refractivity (Wildman–Crippen MR) is 86.2 cm³/mol. The van der Waals surface area contributed by atoms with Crippen LogP contribution < -0.4 is 5.73 Å². The summed E-state index contributed by atoms with van der Waals surface area (Å²) in [5.74, 6) is 0.739. The number of carbonyl (C=O) groups excluding carboxylic acids is 1. The summed E-state index contributed by atoms with van der Waals surface area (Å²) in [5, 5.41) is 0.581. The standard InChI is InChI=1S/C14H23N3OS2/c1-3-17(11-7-5-4-6-8-11)12(18)9-19-13-10(2)16-14(15)20-13/h11H,3-9H2,1-2H3,(H2,15,16). The minimum absolute atomic E-state index is 0.246. The first-order valence-corrected chi connectivity index (χ1v) is 9.07. The zero-order valence-corrected chi connectivity index (χ0v) is 13.9. The Labute approximate surface area is 129 Å². The van der Waals surface area contributed by atoms with Gasteiger partial charge >= 0.3 is 0 Å². The molecule has 0 radical (unpaired) electrons. The quantitative estimate of drug-likeness (QED) is 0.847. The summed E-state index contributed by atoms with van der Waals surface area (Å²) in [6, 6.07) is 0.453. The second-order valence-corrected chi connectivity index (χ2v) is 7.46. The van der Waals surface area contributed by atoms with Gasteiger partial charge in [0, 0.05) is 12.6 Å². The van der Waals surface area contributed by atoms with Gasteiger partial charge in [0.25, 0.3) is 0 Å². The molecule has 0 bridgehead atoms. The fourth-order valence-corrected chi connectivity index (χ4v) is 4.69. The maximum atomic E-state index is 12.4. The Bertz CT molecular complexity index is 455. The predicted octanol–water partition coefficient (Wildman–Crippen LogP) is 3.31. The molecular formula is C14H23N3OS2. The van der Waals surface area contributed by atoms with Crippen molar-refractivity contribution in [2.75, 3.05) is 18.0 Å². The first-order valence-electron chi connectivity index (χ1n) is 7.27. The molecule has 1 saturated carbocycles. The maximum absolute atomic E-state index is 12.4. The van der Waals surface area contributed by atoms with Crippen LogP contribution in [0.4, 0.5) is 5.13 Å². The number of thioether (sulfide) groups is 1. The lowest BCUT2D eigenvalue weighted by Gasteiger charge is -2.33. The third-order valence-electron chi connectivity index (χ3n) is 3.77. The summed E-state index contributed by atoms with van der Waals surface area (Å²) >= 11 is 3.04. The molecule has 1 amide bonds. The minimum Gasteiger partial charge on any atom is -0.375 e. The molecule has 1 fully saturated rings. The molecule has 1 aliphatic rings. The van der Waals surface area contributed by atoms with Gasteiger partial charge in [-0.25, -0.2) is 4.98 Å². The number of hydrogen-bond acceptors (Lipinski definition) is 5. The molecule has 1 aromatic heterocycles. The highest BCUT2D eigenvalue weighted by Gasteiger charge is 2.24. The van der Waals surface area contributed by atoms with E-state index >= 15 is 0 Å². The summed E-state index contributed by atoms with van der Waals surface area (Å²) < 4.78 is 1.07. The lowest BCUT2D eigenvalue weighted by molar-refractivity contribution is -0.131. The molecule has 0 atom stereocenters. The average Bonchev–Trinajstić information content (AvgIpc) is 2.77. The molecule has 0 aromatic carbocycles. The highest BCUT2D eigenvalue weighted by Crippen LogP contribution is 2.31. The molecule has 0 spiro atoms. The third-order valence-corrected chi connectivity index (χ3v) is 6.11. The Balaban J connectivity index is 1.90. The molecule has 20 heavy (non-hydrogen) atoms. The average molecular weight is 313 g/mol. The van der Waals surface area contributed by atoms with E-state index in [1.54, 1.807) is 11.8 Å². The molecule has 1 heterocycles. The second-order valence-electron chi connectivity index (χ2n) is 5.19. The van der Waals surface area contributed by atoms with Crippen molar-refractivity contribution < 1.29 is 4.79 Å². The van der Waals surface area contributed by atoms with Crippen molar-refractivity contribution >= 4 is 34.1 Å².